The monoisotopic (exact) mass is 224 g/mol. The number of rotatable bonds is 2. The Morgan fingerprint density at radius 3 is 1.62 bits per heavy atom. The van der Waals surface area contributed by atoms with Crippen LogP contribution in [0.25, 0.3) is 0 Å². The smallest absolute Gasteiger partial charge is 0.313 e. The zero-order chi connectivity index (χ0) is 12.0. The number of hydrogen-bond acceptors (Lipinski definition) is 4. The molecular weight excluding hydrogens is 208 g/mol. The molecule has 0 saturated heterocycles. The van der Waals surface area contributed by atoms with Crippen LogP contribution in [0.2, 0.25) is 0 Å². The summed E-state index contributed by atoms with van der Waals surface area (Å²) in [5, 5.41) is 0. The van der Waals surface area contributed by atoms with Crippen molar-refractivity contribution in [2.75, 3.05) is 14.2 Å². The lowest BCUT2D eigenvalue weighted by molar-refractivity contribution is -0.153. The molecule has 0 amide bonds. The van der Waals surface area contributed by atoms with Crippen LogP contribution in [-0.4, -0.2) is 26.2 Å². The molecule has 1 rings (SSSR count). The number of allylic oxidation sites excluding steroid dienone is 2. The zero-order valence-electron chi connectivity index (χ0n) is 9.51. The fourth-order valence-electron chi connectivity index (χ4n) is 1.64. The Bertz CT molecular complexity index is 285. The second-order valence-corrected chi connectivity index (χ2v) is 3.53. The lowest BCUT2D eigenvalue weighted by Crippen LogP contribution is -2.29. The first kappa shape index (κ1) is 12.5. The van der Waals surface area contributed by atoms with Gasteiger partial charge >= 0.3 is 11.9 Å². The maximum atomic E-state index is 11.5. The minimum atomic E-state index is -0.589. The minimum Gasteiger partial charge on any atom is -0.469 e. The van der Waals surface area contributed by atoms with Crippen LogP contribution in [0.5, 0.6) is 0 Å². The van der Waals surface area contributed by atoms with E-state index < -0.39 is 23.8 Å². The lowest BCUT2D eigenvalue weighted by Gasteiger charge is -2.18. The van der Waals surface area contributed by atoms with Crippen LogP contribution in [-0.2, 0) is 19.1 Å². The number of carbonyl (C=O) groups is 2. The molecule has 1 aliphatic carbocycles. The van der Waals surface area contributed by atoms with Gasteiger partial charge in [-0.1, -0.05) is 24.3 Å². The van der Waals surface area contributed by atoms with E-state index in [4.69, 9.17) is 0 Å². The summed E-state index contributed by atoms with van der Waals surface area (Å²) in [7, 11) is 2.62. The quantitative estimate of drug-likeness (QED) is 0.526. The molecule has 0 heterocycles. The second kappa shape index (κ2) is 6.10. The molecule has 4 nitrogen and oxygen atoms in total. The summed E-state index contributed by atoms with van der Waals surface area (Å²) < 4.78 is 9.36. The van der Waals surface area contributed by atoms with Crippen molar-refractivity contribution in [1.82, 2.24) is 0 Å². The van der Waals surface area contributed by atoms with Gasteiger partial charge in [0.1, 0.15) is 0 Å². The highest BCUT2D eigenvalue weighted by molar-refractivity contribution is 5.84. The fraction of sp³-hybridized carbons (Fsp3) is 0.500. The fourth-order valence-corrected chi connectivity index (χ4v) is 1.64. The Morgan fingerprint density at radius 1 is 0.938 bits per heavy atom. The van der Waals surface area contributed by atoms with Crippen LogP contribution in [0.3, 0.4) is 0 Å². The van der Waals surface area contributed by atoms with Crippen LogP contribution in [0.15, 0.2) is 24.3 Å². The standard InChI is InChI=1S/C12H16O4/c1-15-11(13)9-7-5-3-4-6-8-10(9)12(14)16-2/h5-10H,3-4H2,1-2H3. The van der Waals surface area contributed by atoms with Gasteiger partial charge < -0.3 is 9.47 Å². The molecule has 2 atom stereocenters. The third-order valence-corrected chi connectivity index (χ3v) is 2.52. The molecule has 0 spiro atoms. The number of carbonyl (C=O) groups excluding carboxylic acids is 2. The summed E-state index contributed by atoms with van der Waals surface area (Å²) in [6.45, 7) is 0. The van der Waals surface area contributed by atoms with E-state index in [0.29, 0.717) is 0 Å². The molecule has 0 aromatic heterocycles. The van der Waals surface area contributed by atoms with Gasteiger partial charge in [-0.05, 0) is 12.8 Å². The van der Waals surface area contributed by atoms with Gasteiger partial charge in [0, 0.05) is 0 Å². The summed E-state index contributed by atoms with van der Waals surface area (Å²) in [6, 6.07) is 0. The van der Waals surface area contributed by atoms with E-state index in [2.05, 4.69) is 9.47 Å². The van der Waals surface area contributed by atoms with Crippen molar-refractivity contribution >= 4 is 11.9 Å². The van der Waals surface area contributed by atoms with E-state index in [1.54, 1.807) is 12.2 Å². The number of hydrogen-bond donors (Lipinski definition) is 0. The van der Waals surface area contributed by atoms with Crippen LogP contribution >= 0.6 is 0 Å². The van der Waals surface area contributed by atoms with Gasteiger partial charge in [0.15, 0.2) is 0 Å². The second-order valence-electron chi connectivity index (χ2n) is 3.53. The van der Waals surface area contributed by atoms with E-state index >= 15 is 0 Å². The van der Waals surface area contributed by atoms with Gasteiger partial charge in [-0.3, -0.25) is 9.59 Å². The van der Waals surface area contributed by atoms with Crippen molar-refractivity contribution in [2.45, 2.75) is 12.8 Å². The third-order valence-electron chi connectivity index (χ3n) is 2.52. The average molecular weight is 224 g/mol. The summed E-state index contributed by atoms with van der Waals surface area (Å²) in [5.41, 5.74) is 0. The number of methoxy groups -OCH3 is 2. The van der Waals surface area contributed by atoms with Crippen molar-refractivity contribution in [3.05, 3.63) is 24.3 Å². The molecule has 0 aromatic rings. The summed E-state index contributed by atoms with van der Waals surface area (Å²) in [6.07, 6.45) is 8.94. The SMILES string of the molecule is COC(=O)C1C=CCCC=CC1C(=O)OC. The predicted molar refractivity (Wildman–Crippen MR) is 58.5 cm³/mol. The highest BCUT2D eigenvalue weighted by atomic mass is 16.5. The first-order valence-corrected chi connectivity index (χ1v) is 5.19. The van der Waals surface area contributed by atoms with Gasteiger partial charge in [-0.15, -0.1) is 0 Å². The Kier molecular flexibility index (Phi) is 4.76. The molecule has 0 N–H and O–H groups in total. The molecule has 0 bridgehead atoms. The topological polar surface area (TPSA) is 52.6 Å². The van der Waals surface area contributed by atoms with E-state index in [1.807, 2.05) is 12.2 Å². The molecule has 1 aliphatic rings. The minimum absolute atomic E-state index is 0.418. The molecule has 0 fully saturated rings. The first-order valence-electron chi connectivity index (χ1n) is 5.19. The van der Waals surface area contributed by atoms with Crippen LogP contribution in [0, 0.1) is 11.8 Å². The number of esters is 2. The molecule has 0 saturated carbocycles. The van der Waals surface area contributed by atoms with Crippen LogP contribution in [0.4, 0.5) is 0 Å². The maximum Gasteiger partial charge on any atom is 0.313 e. The molecule has 88 valence electrons. The largest absolute Gasteiger partial charge is 0.469 e. The van der Waals surface area contributed by atoms with Crippen LogP contribution < -0.4 is 0 Å². The van der Waals surface area contributed by atoms with Crippen molar-refractivity contribution in [1.29, 1.82) is 0 Å². The van der Waals surface area contributed by atoms with Gasteiger partial charge in [0.2, 0.25) is 0 Å². The van der Waals surface area contributed by atoms with Crippen molar-refractivity contribution in [2.24, 2.45) is 11.8 Å². The number of ether oxygens (including phenoxy) is 2. The first-order chi connectivity index (χ1) is 7.70. The summed E-state index contributed by atoms with van der Waals surface area (Å²) in [5.74, 6) is -2.01. The van der Waals surface area contributed by atoms with Crippen molar-refractivity contribution in [3.63, 3.8) is 0 Å². The normalized spacial score (nSPS) is 24.4. The van der Waals surface area contributed by atoms with Crippen molar-refractivity contribution < 1.29 is 19.1 Å². The molecule has 0 radical (unpaired) electrons. The van der Waals surface area contributed by atoms with Gasteiger partial charge in [-0.25, -0.2) is 0 Å². The Hall–Kier alpha value is -1.58. The molecule has 0 aromatic carbocycles. The average Bonchev–Trinajstić information content (AvgIpc) is 2.27. The van der Waals surface area contributed by atoms with E-state index in [1.165, 1.54) is 14.2 Å². The maximum absolute atomic E-state index is 11.5. The van der Waals surface area contributed by atoms with Gasteiger partial charge in [0.05, 0.1) is 26.1 Å². The Balaban J connectivity index is 2.94. The highest BCUT2D eigenvalue weighted by Gasteiger charge is 2.31. The molecule has 16 heavy (non-hydrogen) atoms. The molecule has 4 heteroatoms. The highest BCUT2D eigenvalue weighted by Crippen LogP contribution is 2.21. The van der Waals surface area contributed by atoms with Crippen molar-refractivity contribution in [3.8, 4) is 0 Å². The van der Waals surface area contributed by atoms with Gasteiger partial charge in [0.25, 0.3) is 0 Å². The van der Waals surface area contributed by atoms with E-state index in [9.17, 15) is 9.59 Å². The molecule has 0 aliphatic heterocycles. The van der Waals surface area contributed by atoms with E-state index in [-0.39, 0.29) is 0 Å². The molecular formula is C12H16O4. The molecule has 2 unspecified atom stereocenters. The Labute approximate surface area is 94.9 Å². The third kappa shape index (κ3) is 2.95. The Morgan fingerprint density at radius 2 is 1.31 bits per heavy atom. The van der Waals surface area contributed by atoms with E-state index in [0.717, 1.165) is 12.8 Å². The van der Waals surface area contributed by atoms with Gasteiger partial charge in [-0.2, -0.15) is 0 Å². The summed E-state index contributed by atoms with van der Waals surface area (Å²) >= 11 is 0. The van der Waals surface area contributed by atoms with Crippen LogP contribution in [0.1, 0.15) is 12.8 Å². The lowest BCUT2D eigenvalue weighted by atomic mass is 9.89. The predicted octanol–water partition coefficient (Wildman–Crippen LogP) is 1.47. The zero-order valence-corrected chi connectivity index (χ0v) is 9.51. The summed E-state index contributed by atoms with van der Waals surface area (Å²) in [4.78, 5) is 23.1.